The van der Waals surface area contributed by atoms with E-state index in [1.807, 2.05) is 0 Å². The van der Waals surface area contributed by atoms with Gasteiger partial charge in [-0.05, 0) is 27.7 Å². The zero-order chi connectivity index (χ0) is 11.8. The quantitative estimate of drug-likeness (QED) is 0.620. The van der Waals surface area contributed by atoms with Crippen molar-refractivity contribution in [3.05, 3.63) is 0 Å². The van der Waals surface area contributed by atoms with Crippen LogP contribution in [-0.2, 0) is 23.8 Å². The van der Waals surface area contributed by atoms with Gasteiger partial charge in [-0.15, -0.1) is 0 Å². The van der Waals surface area contributed by atoms with E-state index in [9.17, 15) is 9.59 Å². The van der Waals surface area contributed by atoms with Gasteiger partial charge in [0.15, 0.2) is 12.2 Å². The van der Waals surface area contributed by atoms with Crippen molar-refractivity contribution in [3.8, 4) is 0 Å². The van der Waals surface area contributed by atoms with Crippen molar-refractivity contribution in [2.45, 2.75) is 39.9 Å². The Hall–Kier alpha value is -1.10. The molecule has 0 spiro atoms. The minimum atomic E-state index is -0.760. The van der Waals surface area contributed by atoms with Crippen LogP contribution in [0, 0.1) is 0 Å². The predicted octanol–water partition coefficient (Wildman–Crippen LogP) is 0.906. The Kier molecular flexibility index (Phi) is 6.70. The van der Waals surface area contributed by atoms with Crippen LogP contribution in [0.15, 0.2) is 0 Å². The lowest BCUT2D eigenvalue weighted by molar-refractivity contribution is -0.169. The lowest BCUT2D eigenvalue weighted by Crippen LogP contribution is -2.32. The van der Waals surface area contributed by atoms with Gasteiger partial charge in [0.05, 0.1) is 13.2 Å². The zero-order valence-corrected chi connectivity index (χ0v) is 9.61. The predicted molar refractivity (Wildman–Crippen MR) is 53.3 cm³/mol. The second-order valence-corrected chi connectivity index (χ2v) is 2.92. The largest absolute Gasteiger partial charge is 0.464 e. The number of carbonyl (C=O) groups is 2. The van der Waals surface area contributed by atoms with E-state index in [0.717, 1.165) is 0 Å². The zero-order valence-electron chi connectivity index (χ0n) is 9.61. The topological polar surface area (TPSA) is 61.8 Å². The van der Waals surface area contributed by atoms with Gasteiger partial charge in [0, 0.05) is 0 Å². The summed E-state index contributed by atoms with van der Waals surface area (Å²) in [5.74, 6) is -0.956. The maximum absolute atomic E-state index is 11.2. The van der Waals surface area contributed by atoms with E-state index in [4.69, 9.17) is 14.2 Å². The van der Waals surface area contributed by atoms with Crippen LogP contribution in [-0.4, -0.2) is 37.4 Å². The van der Waals surface area contributed by atoms with Gasteiger partial charge in [0.1, 0.15) is 0 Å². The van der Waals surface area contributed by atoms with E-state index in [1.54, 1.807) is 13.8 Å². The van der Waals surface area contributed by atoms with E-state index >= 15 is 0 Å². The van der Waals surface area contributed by atoms with Crippen molar-refractivity contribution in [1.82, 2.24) is 0 Å². The third-order valence-electron chi connectivity index (χ3n) is 1.65. The third-order valence-corrected chi connectivity index (χ3v) is 1.65. The van der Waals surface area contributed by atoms with Crippen LogP contribution in [0.2, 0.25) is 0 Å². The molecule has 0 aliphatic rings. The summed E-state index contributed by atoms with van der Waals surface area (Å²) in [4.78, 5) is 22.3. The highest BCUT2D eigenvalue weighted by Gasteiger charge is 2.22. The molecule has 0 heterocycles. The molecular formula is C10H18O5. The maximum atomic E-state index is 11.2. The summed E-state index contributed by atoms with van der Waals surface area (Å²) in [6.45, 7) is 7.07. The molecule has 88 valence electrons. The molecule has 5 heteroatoms. The highest BCUT2D eigenvalue weighted by molar-refractivity contribution is 5.77. The first kappa shape index (κ1) is 13.9. The third kappa shape index (κ3) is 5.37. The van der Waals surface area contributed by atoms with Crippen molar-refractivity contribution in [3.63, 3.8) is 0 Å². The van der Waals surface area contributed by atoms with Crippen LogP contribution in [0.3, 0.4) is 0 Å². The standard InChI is InChI=1S/C10H18O5/c1-5-13-9(11)7(3)15-8(4)10(12)14-6-2/h7-8H,5-6H2,1-4H3/t7-,8+. The first-order valence-electron chi connectivity index (χ1n) is 5.01. The molecule has 5 nitrogen and oxygen atoms in total. The average molecular weight is 218 g/mol. The number of ether oxygens (including phenoxy) is 3. The second-order valence-electron chi connectivity index (χ2n) is 2.92. The molecule has 0 bridgehead atoms. The van der Waals surface area contributed by atoms with Crippen LogP contribution in [0.1, 0.15) is 27.7 Å². The van der Waals surface area contributed by atoms with Crippen LogP contribution in [0.25, 0.3) is 0 Å². The van der Waals surface area contributed by atoms with Crippen molar-refractivity contribution in [2.24, 2.45) is 0 Å². The fourth-order valence-electron chi connectivity index (χ4n) is 0.937. The minimum Gasteiger partial charge on any atom is -0.464 e. The summed E-state index contributed by atoms with van der Waals surface area (Å²) in [6, 6.07) is 0. The molecule has 0 aliphatic carbocycles. The number of hydrogen-bond donors (Lipinski definition) is 0. The highest BCUT2D eigenvalue weighted by atomic mass is 16.6. The molecule has 2 atom stereocenters. The summed E-state index contributed by atoms with van der Waals surface area (Å²) >= 11 is 0. The summed E-state index contributed by atoms with van der Waals surface area (Å²) in [7, 11) is 0. The summed E-state index contributed by atoms with van der Waals surface area (Å²) in [6.07, 6.45) is -1.52. The Morgan fingerprint density at radius 2 is 1.27 bits per heavy atom. The fraction of sp³-hybridized carbons (Fsp3) is 0.800. The monoisotopic (exact) mass is 218 g/mol. The Morgan fingerprint density at radius 3 is 1.53 bits per heavy atom. The second kappa shape index (κ2) is 7.23. The number of carbonyl (C=O) groups excluding carboxylic acids is 2. The van der Waals surface area contributed by atoms with E-state index in [0.29, 0.717) is 13.2 Å². The van der Waals surface area contributed by atoms with Gasteiger partial charge in [0.2, 0.25) is 0 Å². The molecule has 0 aromatic heterocycles. The van der Waals surface area contributed by atoms with Gasteiger partial charge in [-0.25, -0.2) is 9.59 Å². The Labute approximate surface area is 89.7 Å². The van der Waals surface area contributed by atoms with Gasteiger partial charge >= 0.3 is 11.9 Å². The normalized spacial score (nSPS) is 14.1. The number of hydrogen-bond acceptors (Lipinski definition) is 5. The smallest absolute Gasteiger partial charge is 0.334 e. The lowest BCUT2D eigenvalue weighted by atomic mass is 10.3. The lowest BCUT2D eigenvalue weighted by Gasteiger charge is -2.16. The molecule has 0 unspecified atom stereocenters. The first-order chi connectivity index (χ1) is 7.02. The molecule has 0 amide bonds. The van der Waals surface area contributed by atoms with Crippen molar-refractivity contribution >= 4 is 11.9 Å². The average Bonchev–Trinajstić information content (AvgIpc) is 2.18. The molecule has 0 saturated carbocycles. The number of rotatable bonds is 6. The van der Waals surface area contributed by atoms with Gasteiger partial charge in [-0.3, -0.25) is 0 Å². The van der Waals surface area contributed by atoms with Gasteiger partial charge < -0.3 is 14.2 Å². The van der Waals surface area contributed by atoms with E-state index < -0.39 is 24.1 Å². The first-order valence-corrected chi connectivity index (χ1v) is 5.01. The van der Waals surface area contributed by atoms with Crippen LogP contribution < -0.4 is 0 Å². The van der Waals surface area contributed by atoms with Crippen LogP contribution in [0.5, 0.6) is 0 Å². The molecule has 0 aromatic carbocycles. The van der Waals surface area contributed by atoms with Crippen molar-refractivity contribution in [1.29, 1.82) is 0 Å². The molecular weight excluding hydrogens is 200 g/mol. The van der Waals surface area contributed by atoms with E-state index in [-0.39, 0.29) is 0 Å². The molecule has 15 heavy (non-hydrogen) atoms. The summed E-state index contributed by atoms with van der Waals surface area (Å²) < 4.78 is 14.6. The maximum Gasteiger partial charge on any atom is 0.334 e. The van der Waals surface area contributed by atoms with Crippen molar-refractivity contribution < 1.29 is 23.8 Å². The summed E-state index contributed by atoms with van der Waals surface area (Å²) in [5.41, 5.74) is 0. The van der Waals surface area contributed by atoms with E-state index in [1.165, 1.54) is 13.8 Å². The van der Waals surface area contributed by atoms with E-state index in [2.05, 4.69) is 0 Å². The van der Waals surface area contributed by atoms with Crippen LogP contribution in [0.4, 0.5) is 0 Å². The minimum absolute atomic E-state index is 0.292. The Morgan fingerprint density at radius 1 is 0.933 bits per heavy atom. The molecule has 0 aliphatic heterocycles. The molecule has 0 rings (SSSR count). The SMILES string of the molecule is CCOC(=O)[C@H](C)O[C@H](C)C(=O)OCC. The fourth-order valence-corrected chi connectivity index (χ4v) is 0.937. The van der Waals surface area contributed by atoms with Gasteiger partial charge in [-0.2, -0.15) is 0 Å². The van der Waals surface area contributed by atoms with Crippen molar-refractivity contribution in [2.75, 3.05) is 13.2 Å². The van der Waals surface area contributed by atoms with Gasteiger partial charge in [-0.1, -0.05) is 0 Å². The Balaban J connectivity index is 3.99. The number of esters is 2. The molecule has 0 radical (unpaired) electrons. The molecule has 0 fully saturated rings. The molecule has 0 N–H and O–H groups in total. The highest BCUT2D eigenvalue weighted by Crippen LogP contribution is 2.02. The molecule has 0 saturated heterocycles. The Bertz CT molecular complexity index is 192. The van der Waals surface area contributed by atoms with Crippen LogP contribution >= 0.6 is 0 Å². The molecule has 0 aromatic rings. The van der Waals surface area contributed by atoms with Gasteiger partial charge in [0.25, 0.3) is 0 Å². The summed E-state index contributed by atoms with van der Waals surface area (Å²) in [5, 5.41) is 0.